The van der Waals surface area contributed by atoms with Crippen LogP contribution in [0.1, 0.15) is 33.6 Å². The van der Waals surface area contributed by atoms with Crippen molar-refractivity contribution in [2.75, 3.05) is 5.75 Å². The maximum Gasteiger partial charge on any atom is 0.243 e. The Morgan fingerprint density at radius 1 is 1.08 bits per heavy atom. The van der Waals surface area contributed by atoms with Gasteiger partial charge in [0, 0.05) is 17.6 Å². The quantitative estimate of drug-likeness (QED) is 0.553. The molecule has 26 heavy (non-hydrogen) atoms. The highest BCUT2D eigenvalue weighted by Gasteiger charge is 2.26. The smallest absolute Gasteiger partial charge is 0.243 e. The van der Waals surface area contributed by atoms with Gasteiger partial charge in [-0.2, -0.15) is 0 Å². The highest BCUT2D eigenvalue weighted by atomic mass is 32.2. The second kappa shape index (κ2) is 10.7. The van der Waals surface area contributed by atoms with E-state index in [1.807, 2.05) is 19.9 Å². The van der Waals surface area contributed by atoms with E-state index in [-0.39, 0.29) is 24.0 Å². The standard InChI is InChI=1S/C18H27N3O4S/c1-12(2)11-16(20-13(3)22)18(24)21-15(17(19)23)9-10-26(25)14-7-5-4-6-8-14/h4-8,12,15-16H,9-11H2,1-3H3,(H2,19,23)(H,20,22)(H,21,24)/t15-,16-,26-/m0/s1. The van der Waals surface area contributed by atoms with Crippen LogP contribution < -0.4 is 16.4 Å². The summed E-state index contributed by atoms with van der Waals surface area (Å²) in [6, 6.07) is 7.18. The van der Waals surface area contributed by atoms with Crippen molar-refractivity contribution in [3.8, 4) is 0 Å². The van der Waals surface area contributed by atoms with Crippen LogP contribution >= 0.6 is 0 Å². The summed E-state index contributed by atoms with van der Waals surface area (Å²) >= 11 is 0. The minimum Gasteiger partial charge on any atom is -0.368 e. The zero-order valence-corrected chi connectivity index (χ0v) is 16.2. The Hall–Kier alpha value is -2.22. The fourth-order valence-corrected chi connectivity index (χ4v) is 3.57. The van der Waals surface area contributed by atoms with Crippen LogP contribution in [0, 0.1) is 5.92 Å². The average molecular weight is 381 g/mol. The van der Waals surface area contributed by atoms with Gasteiger partial charge < -0.3 is 16.4 Å². The SMILES string of the molecule is CC(=O)N[C@@H](CC(C)C)C(=O)N[C@@H](CC[S@](=O)c1ccccc1)C(N)=O. The van der Waals surface area contributed by atoms with Crippen LogP contribution in [0.5, 0.6) is 0 Å². The maximum absolute atomic E-state index is 12.4. The van der Waals surface area contributed by atoms with Crippen molar-refractivity contribution < 1.29 is 18.6 Å². The van der Waals surface area contributed by atoms with Crippen molar-refractivity contribution in [2.45, 2.75) is 50.6 Å². The minimum absolute atomic E-state index is 0.150. The molecule has 0 spiro atoms. The van der Waals surface area contributed by atoms with Gasteiger partial charge in [-0.25, -0.2) is 0 Å². The number of carbonyl (C=O) groups is 3. The Morgan fingerprint density at radius 3 is 2.19 bits per heavy atom. The minimum atomic E-state index is -1.29. The fourth-order valence-electron chi connectivity index (χ4n) is 2.42. The van der Waals surface area contributed by atoms with E-state index in [0.29, 0.717) is 11.3 Å². The first kappa shape index (κ1) is 21.8. The van der Waals surface area contributed by atoms with Gasteiger partial charge in [0.05, 0.1) is 10.8 Å². The Bertz CT molecular complexity index is 649. The molecule has 8 heteroatoms. The molecule has 0 aliphatic carbocycles. The number of amides is 3. The number of hydrogen-bond acceptors (Lipinski definition) is 4. The third-order valence-corrected chi connectivity index (χ3v) is 5.06. The number of carbonyl (C=O) groups excluding carboxylic acids is 3. The first-order valence-corrected chi connectivity index (χ1v) is 9.82. The highest BCUT2D eigenvalue weighted by Crippen LogP contribution is 2.09. The number of benzene rings is 1. The Morgan fingerprint density at radius 2 is 1.69 bits per heavy atom. The van der Waals surface area contributed by atoms with Gasteiger partial charge in [-0.05, 0) is 30.9 Å². The molecular formula is C18H27N3O4S. The molecule has 1 aromatic rings. The second-order valence-corrected chi connectivity index (χ2v) is 8.07. The Kier molecular flexibility index (Phi) is 8.98. The molecule has 0 saturated carbocycles. The lowest BCUT2D eigenvalue weighted by Gasteiger charge is -2.22. The van der Waals surface area contributed by atoms with Crippen LogP contribution in [-0.2, 0) is 25.2 Å². The number of primary amides is 1. The molecule has 4 N–H and O–H groups in total. The lowest BCUT2D eigenvalue weighted by Crippen LogP contribution is -2.53. The molecule has 3 atom stereocenters. The summed E-state index contributed by atoms with van der Waals surface area (Å²) in [5.74, 6) is -1.13. The van der Waals surface area contributed by atoms with E-state index in [4.69, 9.17) is 5.73 Å². The van der Waals surface area contributed by atoms with Gasteiger partial charge >= 0.3 is 0 Å². The summed E-state index contributed by atoms with van der Waals surface area (Å²) in [6.07, 6.45) is 0.587. The summed E-state index contributed by atoms with van der Waals surface area (Å²) in [5, 5.41) is 5.15. The summed E-state index contributed by atoms with van der Waals surface area (Å²) in [6.45, 7) is 5.18. The van der Waals surface area contributed by atoms with Crippen molar-refractivity contribution in [3.63, 3.8) is 0 Å². The van der Waals surface area contributed by atoms with Crippen LogP contribution in [0.25, 0.3) is 0 Å². The molecule has 144 valence electrons. The molecule has 0 aliphatic rings. The number of hydrogen-bond donors (Lipinski definition) is 3. The molecule has 1 aromatic carbocycles. The van der Waals surface area contributed by atoms with E-state index in [0.717, 1.165) is 0 Å². The molecule has 0 aromatic heterocycles. The van der Waals surface area contributed by atoms with E-state index in [9.17, 15) is 18.6 Å². The van der Waals surface area contributed by atoms with E-state index in [1.54, 1.807) is 24.3 Å². The molecule has 0 unspecified atom stereocenters. The van der Waals surface area contributed by atoms with E-state index in [2.05, 4.69) is 10.6 Å². The first-order valence-electron chi connectivity index (χ1n) is 8.51. The molecule has 0 fully saturated rings. The summed E-state index contributed by atoms with van der Waals surface area (Å²) in [4.78, 5) is 36.1. The second-order valence-electron chi connectivity index (χ2n) is 6.50. The zero-order valence-electron chi connectivity index (χ0n) is 15.4. The van der Waals surface area contributed by atoms with Crippen LogP contribution in [0.3, 0.4) is 0 Å². The maximum atomic E-state index is 12.4. The molecular weight excluding hydrogens is 354 g/mol. The van der Waals surface area contributed by atoms with Crippen molar-refractivity contribution in [3.05, 3.63) is 30.3 Å². The van der Waals surface area contributed by atoms with E-state index in [1.165, 1.54) is 6.92 Å². The van der Waals surface area contributed by atoms with Gasteiger partial charge in [0.15, 0.2) is 0 Å². The Balaban J connectivity index is 2.70. The van der Waals surface area contributed by atoms with E-state index >= 15 is 0 Å². The molecule has 0 bridgehead atoms. The average Bonchev–Trinajstić information content (AvgIpc) is 2.57. The van der Waals surface area contributed by atoms with Gasteiger partial charge in [0.1, 0.15) is 12.1 Å². The topological polar surface area (TPSA) is 118 Å². The van der Waals surface area contributed by atoms with Crippen molar-refractivity contribution in [1.82, 2.24) is 10.6 Å². The monoisotopic (exact) mass is 381 g/mol. The number of rotatable bonds is 10. The van der Waals surface area contributed by atoms with Crippen LogP contribution in [0.4, 0.5) is 0 Å². The summed E-state index contributed by atoms with van der Waals surface area (Å²) in [7, 11) is -1.29. The molecule has 0 radical (unpaired) electrons. The predicted octanol–water partition coefficient (Wildman–Crippen LogP) is 0.705. The molecule has 0 heterocycles. The van der Waals surface area contributed by atoms with Crippen LogP contribution in [-0.4, -0.2) is 39.8 Å². The lowest BCUT2D eigenvalue weighted by molar-refractivity contribution is -0.131. The van der Waals surface area contributed by atoms with Crippen molar-refractivity contribution in [1.29, 1.82) is 0 Å². The normalized spacial score (nSPS) is 14.3. The van der Waals surface area contributed by atoms with Gasteiger partial charge in [-0.1, -0.05) is 32.0 Å². The third-order valence-electron chi connectivity index (χ3n) is 3.66. The highest BCUT2D eigenvalue weighted by molar-refractivity contribution is 7.85. The number of nitrogens with two attached hydrogens (primary N) is 1. The van der Waals surface area contributed by atoms with Crippen molar-refractivity contribution >= 4 is 28.5 Å². The van der Waals surface area contributed by atoms with Crippen molar-refractivity contribution in [2.24, 2.45) is 11.7 Å². The molecule has 0 aliphatic heterocycles. The van der Waals surface area contributed by atoms with E-state index < -0.39 is 34.7 Å². The Labute approximate surface area is 156 Å². The van der Waals surface area contributed by atoms with Gasteiger partial charge in [-0.3, -0.25) is 18.6 Å². The van der Waals surface area contributed by atoms with Gasteiger partial charge in [-0.15, -0.1) is 0 Å². The molecule has 7 nitrogen and oxygen atoms in total. The molecule has 0 saturated heterocycles. The zero-order chi connectivity index (χ0) is 19.7. The number of nitrogens with one attached hydrogen (secondary N) is 2. The predicted molar refractivity (Wildman–Crippen MR) is 101 cm³/mol. The fraction of sp³-hybridized carbons (Fsp3) is 0.500. The van der Waals surface area contributed by atoms with Crippen LogP contribution in [0.15, 0.2) is 35.2 Å². The molecule has 1 rings (SSSR count). The summed E-state index contributed by atoms with van der Waals surface area (Å²) < 4.78 is 12.3. The van der Waals surface area contributed by atoms with Gasteiger partial charge in [0.25, 0.3) is 0 Å². The largest absolute Gasteiger partial charge is 0.368 e. The molecule has 3 amide bonds. The lowest BCUT2D eigenvalue weighted by atomic mass is 10.0. The third kappa shape index (κ3) is 7.77. The van der Waals surface area contributed by atoms with Crippen LogP contribution in [0.2, 0.25) is 0 Å². The first-order chi connectivity index (χ1) is 12.2. The summed E-state index contributed by atoms with van der Waals surface area (Å²) in [5.41, 5.74) is 5.37. The van der Waals surface area contributed by atoms with Gasteiger partial charge in [0.2, 0.25) is 17.7 Å².